The second-order valence-corrected chi connectivity index (χ2v) is 10.1. The molecule has 184 valence electrons. The van der Waals surface area contributed by atoms with E-state index in [1.807, 2.05) is 6.07 Å². The van der Waals surface area contributed by atoms with Crippen LogP contribution < -0.4 is 10.2 Å². The number of piperidine rings is 1. The van der Waals surface area contributed by atoms with E-state index in [1.165, 1.54) is 21.9 Å². The van der Waals surface area contributed by atoms with E-state index in [9.17, 15) is 9.90 Å². The topological polar surface area (TPSA) is 52.6 Å². The largest absolute Gasteiger partial charge is 0.478 e. The number of rotatable bonds is 7. The molecule has 36 heavy (non-hydrogen) atoms. The zero-order chi connectivity index (χ0) is 25.1. The number of carboxylic acid groups (broad SMARTS) is 1. The lowest BCUT2D eigenvalue weighted by molar-refractivity contribution is 0.0697. The minimum atomic E-state index is -1.00. The molecule has 4 aromatic rings. The molecule has 0 radical (unpaired) electrons. The molecule has 1 heterocycles. The fraction of sp³-hybridized carbons (Fsp3) is 0.258. The molecule has 0 amide bonds. The summed E-state index contributed by atoms with van der Waals surface area (Å²) in [6.07, 6.45) is 1.03. The lowest BCUT2D eigenvalue weighted by Gasteiger charge is -2.41. The predicted octanol–water partition coefficient (Wildman–Crippen LogP) is 7.15. The molecule has 0 spiro atoms. The summed E-state index contributed by atoms with van der Waals surface area (Å²) in [7, 11) is 0. The summed E-state index contributed by atoms with van der Waals surface area (Å²) in [5.41, 5.74) is 3.78. The second-order valence-electron chi connectivity index (χ2n) is 9.68. The lowest BCUT2D eigenvalue weighted by atomic mass is 9.80. The Kier molecular flexibility index (Phi) is 7.26. The second kappa shape index (κ2) is 10.7. The first-order valence-electron chi connectivity index (χ1n) is 12.5. The normalized spacial score (nSPS) is 18.8. The monoisotopic (exact) mass is 498 g/mol. The highest BCUT2D eigenvalue weighted by atomic mass is 35.5. The van der Waals surface area contributed by atoms with E-state index in [0.717, 1.165) is 31.7 Å². The van der Waals surface area contributed by atoms with Gasteiger partial charge in [0.25, 0.3) is 0 Å². The molecule has 5 heteroatoms. The Morgan fingerprint density at radius 1 is 1.03 bits per heavy atom. The van der Waals surface area contributed by atoms with Crippen molar-refractivity contribution in [3.05, 3.63) is 113 Å². The highest BCUT2D eigenvalue weighted by molar-refractivity contribution is 6.33. The van der Waals surface area contributed by atoms with Crippen LogP contribution in [0.5, 0.6) is 0 Å². The van der Waals surface area contributed by atoms with E-state index in [-0.39, 0.29) is 16.6 Å². The van der Waals surface area contributed by atoms with Gasteiger partial charge in [-0.2, -0.15) is 0 Å². The van der Waals surface area contributed by atoms with Crippen molar-refractivity contribution in [3.8, 4) is 0 Å². The molecule has 1 aliphatic heterocycles. The van der Waals surface area contributed by atoms with Crippen molar-refractivity contribution in [2.24, 2.45) is 5.92 Å². The minimum absolute atomic E-state index is 0.140. The Labute approximate surface area is 217 Å². The molecule has 4 aromatic carbocycles. The van der Waals surface area contributed by atoms with Crippen LogP contribution >= 0.6 is 11.6 Å². The van der Waals surface area contributed by atoms with E-state index in [4.69, 9.17) is 11.6 Å². The number of hydrogen-bond acceptors (Lipinski definition) is 3. The van der Waals surface area contributed by atoms with E-state index < -0.39 is 5.97 Å². The SMILES string of the molecule is C[C@@H](NCC1CCN(c2ccc(C(=O)O)c(Cl)c2)CC1c1ccccc1)c1cccc2ccccc12. The van der Waals surface area contributed by atoms with E-state index >= 15 is 0 Å². The van der Waals surface area contributed by atoms with Gasteiger partial charge in [0, 0.05) is 30.7 Å². The first-order chi connectivity index (χ1) is 17.5. The summed E-state index contributed by atoms with van der Waals surface area (Å²) in [5.74, 6) is -0.168. The highest BCUT2D eigenvalue weighted by Crippen LogP contribution is 2.36. The van der Waals surface area contributed by atoms with Crippen molar-refractivity contribution in [2.45, 2.75) is 25.3 Å². The van der Waals surface area contributed by atoms with Crippen LogP contribution in [0, 0.1) is 5.92 Å². The molecule has 0 bridgehead atoms. The number of aromatic carboxylic acids is 1. The van der Waals surface area contributed by atoms with Gasteiger partial charge < -0.3 is 15.3 Å². The Morgan fingerprint density at radius 3 is 2.56 bits per heavy atom. The van der Waals surface area contributed by atoms with Crippen molar-refractivity contribution in [3.63, 3.8) is 0 Å². The average Bonchev–Trinajstić information content (AvgIpc) is 2.91. The lowest BCUT2D eigenvalue weighted by Crippen LogP contribution is -2.43. The van der Waals surface area contributed by atoms with Gasteiger partial charge in [-0.25, -0.2) is 4.79 Å². The molecule has 0 saturated carbocycles. The maximum absolute atomic E-state index is 11.4. The third kappa shape index (κ3) is 5.11. The van der Waals surface area contributed by atoms with Crippen molar-refractivity contribution >= 4 is 34.0 Å². The summed E-state index contributed by atoms with van der Waals surface area (Å²) in [4.78, 5) is 13.7. The van der Waals surface area contributed by atoms with Gasteiger partial charge in [0.05, 0.1) is 10.6 Å². The van der Waals surface area contributed by atoms with Gasteiger partial charge in [0.1, 0.15) is 0 Å². The standard InChI is InChI=1S/C31H31ClN2O2/c1-21(26-13-7-11-22-10-5-6-12-27(22)26)33-19-24-16-17-34(20-29(24)23-8-3-2-4-9-23)25-14-15-28(31(35)36)30(32)18-25/h2-15,18,21,24,29,33H,16-17,19-20H2,1H3,(H,35,36)/t21-,24?,29?/m1/s1. The number of fused-ring (bicyclic) bond motifs is 1. The summed E-state index contributed by atoms with van der Waals surface area (Å²) in [6, 6.07) is 31.3. The smallest absolute Gasteiger partial charge is 0.337 e. The number of benzene rings is 4. The Morgan fingerprint density at radius 2 is 1.78 bits per heavy atom. The summed E-state index contributed by atoms with van der Waals surface area (Å²) < 4.78 is 0. The molecule has 2 unspecified atom stereocenters. The van der Waals surface area contributed by atoms with Crippen LogP contribution in [0.1, 0.15) is 46.8 Å². The van der Waals surface area contributed by atoms with Gasteiger partial charge >= 0.3 is 5.97 Å². The minimum Gasteiger partial charge on any atom is -0.478 e. The van der Waals surface area contributed by atoms with Crippen LogP contribution in [-0.2, 0) is 0 Å². The molecule has 1 aliphatic rings. The number of hydrogen-bond donors (Lipinski definition) is 2. The van der Waals surface area contributed by atoms with Crippen LogP contribution in [0.4, 0.5) is 5.69 Å². The zero-order valence-corrected chi connectivity index (χ0v) is 21.2. The van der Waals surface area contributed by atoms with Gasteiger partial charge in [-0.1, -0.05) is 84.4 Å². The molecule has 4 nitrogen and oxygen atoms in total. The highest BCUT2D eigenvalue weighted by Gasteiger charge is 2.31. The maximum Gasteiger partial charge on any atom is 0.337 e. The average molecular weight is 499 g/mol. The van der Waals surface area contributed by atoms with E-state index in [0.29, 0.717) is 11.8 Å². The predicted molar refractivity (Wildman–Crippen MR) is 148 cm³/mol. The van der Waals surface area contributed by atoms with Crippen molar-refractivity contribution in [1.82, 2.24) is 5.32 Å². The number of carboxylic acids is 1. The maximum atomic E-state index is 11.4. The first kappa shape index (κ1) is 24.4. The zero-order valence-electron chi connectivity index (χ0n) is 20.4. The van der Waals surface area contributed by atoms with Crippen LogP contribution in [0.25, 0.3) is 10.8 Å². The van der Waals surface area contributed by atoms with Gasteiger partial charge in [0.15, 0.2) is 0 Å². The fourth-order valence-electron chi connectivity index (χ4n) is 5.50. The van der Waals surface area contributed by atoms with Gasteiger partial charge in [-0.15, -0.1) is 0 Å². The van der Waals surface area contributed by atoms with Gasteiger partial charge in [0.2, 0.25) is 0 Å². The van der Waals surface area contributed by atoms with Crippen molar-refractivity contribution in [1.29, 1.82) is 0 Å². The molecule has 0 aliphatic carbocycles. The van der Waals surface area contributed by atoms with Crippen LogP contribution in [0.3, 0.4) is 0 Å². The van der Waals surface area contributed by atoms with Gasteiger partial charge in [-0.05, 0) is 65.9 Å². The molecule has 3 atom stereocenters. The summed E-state index contributed by atoms with van der Waals surface area (Å²) in [5, 5.41) is 16.0. The molecule has 5 rings (SSSR count). The Balaban J connectivity index is 1.34. The number of nitrogens with one attached hydrogen (secondary N) is 1. The molecule has 1 fully saturated rings. The Hall–Kier alpha value is -3.34. The number of halogens is 1. The van der Waals surface area contributed by atoms with Crippen LogP contribution in [0.2, 0.25) is 5.02 Å². The fourth-order valence-corrected chi connectivity index (χ4v) is 5.75. The van der Waals surface area contributed by atoms with Crippen molar-refractivity contribution < 1.29 is 9.90 Å². The first-order valence-corrected chi connectivity index (χ1v) is 12.9. The molecule has 1 saturated heterocycles. The van der Waals surface area contributed by atoms with Crippen LogP contribution in [-0.4, -0.2) is 30.7 Å². The van der Waals surface area contributed by atoms with E-state index in [1.54, 1.807) is 12.1 Å². The molecule has 2 N–H and O–H groups in total. The van der Waals surface area contributed by atoms with Gasteiger partial charge in [-0.3, -0.25) is 0 Å². The summed E-state index contributed by atoms with van der Waals surface area (Å²) in [6.45, 7) is 4.94. The molecular formula is C31H31ClN2O2. The summed E-state index contributed by atoms with van der Waals surface area (Å²) >= 11 is 6.29. The molecular weight excluding hydrogens is 468 g/mol. The van der Waals surface area contributed by atoms with Crippen LogP contribution in [0.15, 0.2) is 91.0 Å². The third-order valence-corrected chi connectivity index (χ3v) is 7.82. The third-order valence-electron chi connectivity index (χ3n) is 7.51. The molecule has 0 aromatic heterocycles. The Bertz CT molecular complexity index is 1350. The number of carbonyl (C=O) groups is 1. The van der Waals surface area contributed by atoms with E-state index in [2.05, 4.69) is 89.9 Å². The number of nitrogens with zero attached hydrogens (tertiary/aromatic N) is 1. The van der Waals surface area contributed by atoms with Crippen molar-refractivity contribution in [2.75, 3.05) is 24.5 Å². The quantitative estimate of drug-likeness (QED) is 0.284. The number of anilines is 1.